The van der Waals surface area contributed by atoms with Crippen molar-refractivity contribution in [2.45, 2.75) is 6.92 Å². The van der Waals surface area contributed by atoms with Crippen LogP contribution in [0.4, 0.5) is 0 Å². The van der Waals surface area contributed by atoms with Gasteiger partial charge in [-0.3, -0.25) is 5.41 Å². The summed E-state index contributed by atoms with van der Waals surface area (Å²) in [4.78, 5) is 2.14. The molecule has 0 aliphatic heterocycles. The summed E-state index contributed by atoms with van der Waals surface area (Å²) in [6.07, 6.45) is 0. The van der Waals surface area contributed by atoms with E-state index < -0.39 is 0 Å². The Morgan fingerprint density at radius 1 is 1.64 bits per heavy atom. The van der Waals surface area contributed by atoms with Gasteiger partial charge in [-0.1, -0.05) is 18.7 Å². The second kappa shape index (κ2) is 5.43. The summed E-state index contributed by atoms with van der Waals surface area (Å²) >= 11 is 1.42. The molecule has 0 fully saturated rings. The summed E-state index contributed by atoms with van der Waals surface area (Å²) < 4.78 is 0. The van der Waals surface area contributed by atoms with Crippen LogP contribution in [0.1, 0.15) is 6.92 Å². The van der Waals surface area contributed by atoms with E-state index in [2.05, 4.69) is 25.9 Å². The normalized spacial score (nSPS) is 13.5. The van der Waals surface area contributed by atoms with Crippen LogP contribution in [0, 0.1) is 11.3 Å². The Morgan fingerprint density at radius 2 is 2.18 bits per heavy atom. The number of amidine groups is 1. The molecule has 0 spiro atoms. The van der Waals surface area contributed by atoms with Crippen molar-refractivity contribution < 1.29 is 0 Å². The van der Waals surface area contributed by atoms with Gasteiger partial charge in [-0.25, -0.2) is 0 Å². The SMILES string of the molecule is CC(CSC(=N)N)CN(C)C. The molecule has 0 radical (unpaired) electrons. The van der Waals surface area contributed by atoms with Gasteiger partial charge in [0, 0.05) is 12.3 Å². The Kier molecular flexibility index (Phi) is 5.32. The maximum Gasteiger partial charge on any atom is 0.151 e. The molecule has 1 atom stereocenters. The number of hydrogen-bond acceptors (Lipinski definition) is 3. The van der Waals surface area contributed by atoms with Crippen molar-refractivity contribution in [1.29, 1.82) is 5.41 Å². The number of nitrogens with one attached hydrogen (secondary N) is 1. The van der Waals surface area contributed by atoms with Crippen LogP contribution in [0.15, 0.2) is 0 Å². The number of nitrogens with two attached hydrogens (primary N) is 1. The van der Waals surface area contributed by atoms with E-state index in [4.69, 9.17) is 11.1 Å². The van der Waals surface area contributed by atoms with Crippen LogP contribution in [-0.4, -0.2) is 36.5 Å². The fourth-order valence-electron chi connectivity index (χ4n) is 0.908. The van der Waals surface area contributed by atoms with Gasteiger partial charge in [0.1, 0.15) is 0 Å². The number of nitrogens with zero attached hydrogens (tertiary/aromatic N) is 1. The van der Waals surface area contributed by atoms with Gasteiger partial charge in [0.05, 0.1) is 0 Å². The lowest BCUT2D eigenvalue weighted by molar-refractivity contribution is 0.357. The molecule has 0 saturated heterocycles. The zero-order valence-electron chi connectivity index (χ0n) is 7.42. The molecule has 0 heterocycles. The van der Waals surface area contributed by atoms with Gasteiger partial charge in [-0.15, -0.1) is 0 Å². The summed E-state index contributed by atoms with van der Waals surface area (Å²) in [5.74, 6) is 1.53. The Bertz CT molecular complexity index is 125. The largest absolute Gasteiger partial charge is 0.379 e. The van der Waals surface area contributed by atoms with Gasteiger partial charge >= 0.3 is 0 Å². The van der Waals surface area contributed by atoms with Crippen molar-refractivity contribution in [3.63, 3.8) is 0 Å². The minimum absolute atomic E-state index is 0.218. The van der Waals surface area contributed by atoms with Crippen LogP contribution in [0.5, 0.6) is 0 Å². The fraction of sp³-hybridized carbons (Fsp3) is 0.857. The van der Waals surface area contributed by atoms with Crippen molar-refractivity contribution in [2.24, 2.45) is 11.7 Å². The Labute approximate surface area is 72.8 Å². The average molecular weight is 175 g/mol. The van der Waals surface area contributed by atoms with Gasteiger partial charge in [0.15, 0.2) is 5.17 Å². The molecule has 0 aliphatic carbocycles. The molecule has 1 unspecified atom stereocenters. The van der Waals surface area contributed by atoms with Gasteiger partial charge in [-0.05, 0) is 20.0 Å². The first kappa shape index (κ1) is 10.8. The van der Waals surface area contributed by atoms with E-state index in [1.165, 1.54) is 11.8 Å². The molecular formula is C7H17N3S. The summed E-state index contributed by atoms with van der Waals surface area (Å²) in [5.41, 5.74) is 5.20. The highest BCUT2D eigenvalue weighted by Gasteiger charge is 2.03. The highest BCUT2D eigenvalue weighted by atomic mass is 32.2. The van der Waals surface area contributed by atoms with Crippen molar-refractivity contribution in [2.75, 3.05) is 26.4 Å². The molecule has 0 bridgehead atoms. The number of hydrogen-bond donors (Lipinski definition) is 2. The van der Waals surface area contributed by atoms with E-state index >= 15 is 0 Å². The molecular weight excluding hydrogens is 158 g/mol. The molecule has 0 aromatic rings. The van der Waals surface area contributed by atoms with Crippen LogP contribution in [0.3, 0.4) is 0 Å². The first-order valence-corrected chi connectivity index (χ1v) is 4.62. The lowest BCUT2D eigenvalue weighted by atomic mass is 10.2. The highest BCUT2D eigenvalue weighted by Crippen LogP contribution is 2.07. The molecule has 3 N–H and O–H groups in total. The first-order valence-electron chi connectivity index (χ1n) is 3.64. The quantitative estimate of drug-likeness (QED) is 0.491. The van der Waals surface area contributed by atoms with Crippen LogP contribution in [0.2, 0.25) is 0 Å². The maximum atomic E-state index is 7.00. The third kappa shape index (κ3) is 7.68. The third-order valence-corrected chi connectivity index (χ3v) is 2.25. The van der Waals surface area contributed by atoms with Gasteiger partial charge < -0.3 is 10.6 Å². The van der Waals surface area contributed by atoms with Crippen LogP contribution >= 0.6 is 11.8 Å². The lowest BCUT2D eigenvalue weighted by Gasteiger charge is -2.15. The second-order valence-corrected chi connectivity index (χ2v) is 4.10. The maximum absolute atomic E-state index is 7.00. The molecule has 0 aromatic carbocycles. The van der Waals surface area contributed by atoms with Crippen molar-refractivity contribution >= 4 is 16.9 Å². The number of thioether (sulfide) groups is 1. The highest BCUT2D eigenvalue weighted by molar-refractivity contribution is 8.13. The summed E-state index contributed by atoms with van der Waals surface area (Å²) in [5, 5.41) is 7.22. The second-order valence-electron chi connectivity index (χ2n) is 3.04. The molecule has 0 saturated carbocycles. The van der Waals surface area contributed by atoms with Gasteiger partial charge in [0.25, 0.3) is 0 Å². The fourth-order valence-corrected chi connectivity index (χ4v) is 1.48. The summed E-state index contributed by atoms with van der Waals surface area (Å²) in [6.45, 7) is 3.22. The van der Waals surface area contributed by atoms with E-state index in [1.54, 1.807) is 0 Å². The van der Waals surface area contributed by atoms with Crippen molar-refractivity contribution in [1.82, 2.24) is 4.90 Å². The Morgan fingerprint density at radius 3 is 2.55 bits per heavy atom. The minimum atomic E-state index is 0.218. The predicted octanol–water partition coefficient (Wildman–Crippen LogP) is 0.811. The molecule has 3 nitrogen and oxygen atoms in total. The molecule has 66 valence electrons. The molecule has 0 rings (SSSR count). The van der Waals surface area contributed by atoms with E-state index in [0.29, 0.717) is 5.92 Å². The third-order valence-electron chi connectivity index (χ3n) is 1.20. The van der Waals surface area contributed by atoms with Gasteiger partial charge in [0.2, 0.25) is 0 Å². The lowest BCUT2D eigenvalue weighted by Crippen LogP contribution is -2.22. The molecule has 0 aliphatic rings. The van der Waals surface area contributed by atoms with E-state index in [0.717, 1.165) is 12.3 Å². The Balaban J connectivity index is 3.37. The topological polar surface area (TPSA) is 53.1 Å². The zero-order chi connectivity index (χ0) is 8.85. The van der Waals surface area contributed by atoms with Gasteiger partial charge in [-0.2, -0.15) is 0 Å². The standard InChI is InChI=1S/C7H17N3S/c1-6(4-10(2)3)5-11-7(8)9/h6H,4-5H2,1-3H3,(H3,8,9). The summed E-state index contributed by atoms with van der Waals surface area (Å²) in [7, 11) is 4.10. The molecule has 4 heteroatoms. The minimum Gasteiger partial charge on any atom is -0.379 e. The van der Waals surface area contributed by atoms with E-state index in [-0.39, 0.29) is 5.17 Å². The Hall–Kier alpha value is -0.220. The average Bonchev–Trinajstić information content (AvgIpc) is 1.82. The van der Waals surface area contributed by atoms with Crippen molar-refractivity contribution in [3.8, 4) is 0 Å². The molecule has 11 heavy (non-hydrogen) atoms. The smallest absolute Gasteiger partial charge is 0.151 e. The van der Waals surface area contributed by atoms with Crippen molar-refractivity contribution in [3.05, 3.63) is 0 Å². The molecule has 0 aromatic heterocycles. The van der Waals surface area contributed by atoms with Crippen LogP contribution in [0.25, 0.3) is 0 Å². The zero-order valence-corrected chi connectivity index (χ0v) is 8.24. The predicted molar refractivity (Wildman–Crippen MR) is 52.1 cm³/mol. The van der Waals surface area contributed by atoms with Crippen LogP contribution < -0.4 is 5.73 Å². The van der Waals surface area contributed by atoms with Crippen LogP contribution in [-0.2, 0) is 0 Å². The first-order chi connectivity index (χ1) is 5.02. The van der Waals surface area contributed by atoms with E-state index in [1.807, 2.05) is 0 Å². The molecule has 0 amide bonds. The monoisotopic (exact) mass is 175 g/mol. The number of rotatable bonds is 4. The van der Waals surface area contributed by atoms with E-state index in [9.17, 15) is 0 Å². The summed E-state index contributed by atoms with van der Waals surface area (Å²) in [6, 6.07) is 0.